The van der Waals surface area contributed by atoms with Gasteiger partial charge in [-0.25, -0.2) is 4.79 Å². The third-order valence-corrected chi connectivity index (χ3v) is 6.34. The first-order chi connectivity index (χ1) is 19.5. The summed E-state index contributed by atoms with van der Waals surface area (Å²) in [6.45, 7) is 14.5. The largest absolute Gasteiger partial charge is 0.465 e. The number of rotatable bonds is 15. The number of benzene rings is 1. The van der Waals surface area contributed by atoms with E-state index in [0.29, 0.717) is 17.4 Å². The lowest BCUT2D eigenvalue weighted by Gasteiger charge is -2.26. The summed E-state index contributed by atoms with van der Waals surface area (Å²) in [6.07, 6.45) is -0.530. The first kappa shape index (κ1) is 36.9. The molecule has 1 aromatic carbocycles. The Morgan fingerprint density at radius 3 is 1.95 bits per heavy atom. The number of esters is 1. The number of nitrogens with one attached hydrogen (secondary N) is 4. The molecule has 0 fully saturated rings. The summed E-state index contributed by atoms with van der Waals surface area (Å²) < 4.78 is 10.5. The van der Waals surface area contributed by atoms with Crippen LogP contribution in [0.25, 0.3) is 0 Å². The molecule has 0 saturated heterocycles. The quantitative estimate of drug-likeness (QED) is 0.161. The highest BCUT2D eigenvalue weighted by Gasteiger charge is 2.29. The summed E-state index contributed by atoms with van der Waals surface area (Å²) in [5.41, 5.74) is 0.799. The highest BCUT2D eigenvalue weighted by atomic mass is 79.9. The number of halogens is 1. The molecule has 236 valence electrons. The summed E-state index contributed by atoms with van der Waals surface area (Å²) in [6, 6.07) is 4.10. The van der Waals surface area contributed by atoms with E-state index in [4.69, 9.17) is 9.47 Å². The van der Waals surface area contributed by atoms with Gasteiger partial charge >= 0.3 is 12.1 Å². The normalized spacial score (nSPS) is 13.5. The summed E-state index contributed by atoms with van der Waals surface area (Å²) in [5.74, 6) is -1.98. The highest BCUT2D eigenvalue weighted by Crippen LogP contribution is 2.14. The van der Waals surface area contributed by atoms with Crippen LogP contribution in [-0.2, 0) is 34.0 Å². The van der Waals surface area contributed by atoms with Crippen LogP contribution in [0, 0.1) is 11.8 Å². The third-order valence-electron chi connectivity index (χ3n) is 5.69. The lowest BCUT2D eigenvalue weighted by atomic mass is 10.0. The molecule has 4 amide bonds. The molecule has 0 unspecified atom stereocenters. The number of carbonyl (C=O) groups is 5. The second-order valence-corrected chi connectivity index (χ2v) is 12.6. The van der Waals surface area contributed by atoms with Crippen molar-refractivity contribution in [1.82, 2.24) is 16.0 Å². The van der Waals surface area contributed by atoms with Crippen LogP contribution in [0.2, 0.25) is 0 Å². The van der Waals surface area contributed by atoms with Gasteiger partial charge in [0.1, 0.15) is 23.7 Å². The molecule has 0 aromatic heterocycles. The number of ether oxygens (including phenoxy) is 2. The molecule has 0 aliphatic carbocycles. The monoisotopic (exact) mass is 654 g/mol. The Morgan fingerprint density at radius 2 is 1.43 bits per heavy atom. The van der Waals surface area contributed by atoms with Crippen molar-refractivity contribution in [1.29, 1.82) is 0 Å². The van der Waals surface area contributed by atoms with Crippen molar-refractivity contribution in [2.45, 2.75) is 104 Å². The zero-order chi connectivity index (χ0) is 32.0. The topological polar surface area (TPSA) is 152 Å². The van der Waals surface area contributed by atoms with E-state index in [1.807, 2.05) is 39.8 Å². The number of anilines is 1. The van der Waals surface area contributed by atoms with Crippen LogP contribution in [0.1, 0.15) is 80.2 Å². The number of amides is 4. The van der Waals surface area contributed by atoms with Crippen molar-refractivity contribution in [3.05, 3.63) is 29.8 Å². The average molecular weight is 656 g/mol. The lowest BCUT2D eigenvalue weighted by molar-refractivity contribution is -0.145. The van der Waals surface area contributed by atoms with Gasteiger partial charge in [-0.15, -0.1) is 0 Å². The van der Waals surface area contributed by atoms with Crippen LogP contribution in [-0.4, -0.2) is 60.1 Å². The van der Waals surface area contributed by atoms with Crippen LogP contribution in [0.3, 0.4) is 0 Å². The maximum atomic E-state index is 13.2. The van der Waals surface area contributed by atoms with Gasteiger partial charge in [0.15, 0.2) is 0 Å². The van der Waals surface area contributed by atoms with Gasteiger partial charge in [-0.3, -0.25) is 19.2 Å². The number of hydrogen-bond donors (Lipinski definition) is 4. The molecule has 11 nitrogen and oxygen atoms in total. The van der Waals surface area contributed by atoms with Crippen molar-refractivity contribution in [3.63, 3.8) is 0 Å². The van der Waals surface area contributed by atoms with E-state index >= 15 is 0 Å². The Bertz CT molecular complexity index is 1050. The molecule has 0 aliphatic heterocycles. The van der Waals surface area contributed by atoms with Crippen LogP contribution >= 0.6 is 15.9 Å². The highest BCUT2D eigenvalue weighted by molar-refractivity contribution is 9.08. The summed E-state index contributed by atoms with van der Waals surface area (Å²) in [7, 11) is 0. The average Bonchev–Trinajstić information content (AvgIpc) is 2.88. The molecule has 4 N–H and O–H groups in total. The zero-order valence-corrected chi connectivity index (χ0v) is 27.6. The van der Waals surface area contributed by atoms with Crippen molar-refractivity contribution in [2.75, 3.05) is 11.9 Å². The fourth-order valence-electron chi connectivity index (χ4n) is 3.60. The molecule has 0 aliphatic rings. The van der Waals surface area contributed by atoms with E-state index in [9.17, 15) is 24.0 Å². The molecule has 1 aromatic rings. The first-order valence-electron chi connectivity index (χ1n) is 14.2. The van der Waals surface area contributed by atoms with Gasteiger partial charge in [-0.05, 0) is 70.1 Å². The minimum Gasteiger partial charge on any atom is -0.465 e. The molecule has 12 heteroatoms. The predicted octanol–water partition coefficient (Wildman–Crippen LogP) is 4.43. The lowest BCUT2D eigenvalue weighted by Crippen LogP contribution is -2.55. The summed E-state index contributed by atoms with van der Waals surface area (Å²) in [5, 5.41) is 11.2. The van der Waals surface area contributed by atoms with Crippen LogP contribution in [0.5, 0.6) is 0 Å². The summed E-state index contributed by atoms with van der Waals surface area (Å²) >= 11 is 3.38. The Balaban J connectivity index is 2.96. The fraction of sp³-hybridized carbons (Fsp3) is 0.633. The maximum Gasteiger partial charge on any atom is 0.408 e. The van der Waals surface area contributed by atoms with Gasteiger partial charge < -0.3 is 30.7 Å². The standard InChI is InChI=1S/C30H47BrN4O7/c1-18(2)15-24(35-29(40)42-30(6,7)8)28(39)32-20(5)26(37)34-23(13-14-25(36)41-17-19(3)4)27(38)33-22-11-9-21(16-31)10-12-22/h9-12,18-20,23-24H,13-17H2,1-8H3,(H,32,39)(H,33,38)(H,34,37)(H,35,40)/t20-,23-,24+/m0/s1. The smallest absolute Gasteiger partial charge is 0.408 e. The van der Waals surface area contributed by atoms with Gasteiger partial charge in [0.25, 0.3) is 0 Å². The van der Waals surface area contributed by atoms with Gasteiger partial charge in [0, 0.05) is 17.4 Å². The van der Waals surface area contributed by atoms with Gasteiger partial charge in [0.2, 0.25) is 17.7 Å². The molecule has 1 rings (SSSR count). The van der Waals surface area contributed by atoms with E-state index in [-0.39, 0.29) is 31.3 Å². The van der Waals surface area contributed by atoms with E-state index < -0.39 is 53.5 Å². The number of alkyl carbamates (subject to hydrolysis) is 1. The van der Waals surface area contributed by atoms with Crippen molar-refractivity contribution in [3.8, 4) is 0 Å². The molecule has 3 atom stereocenters. The number of alkyl halides is 1. The maximum absolute atomic E-state index is 13.2. The molecule has 0 bridgehead atoms. The summed E-state index contributed by atoms with van der Waals surface area (Å²) in [4.78, 5) is 63.9. The minimum absolute atomic E-state index is 0.00910. The van der Waals surface area contributed by atoms with E-state index in [0.717, 1.165) is 5.56 Å². The third kappa shape index (κ3) is 15.2. The van der Waals surface area contributed by atoms with E-state index in [1.165, 1.54) is 6.92 Å². The van der Waals surface area contributed by atoms with Crippen molar-refractivity contribution in [2.24, 2.45) is 11.8 Å². The fourth-order valence-corrected chi connectivity index (χ4v) is 3.97. The minimum atomic E-state index is -1.08. The van der Waals surface area contributed by atoms with Crippen LogP contribution < -0.4 is 21.3 Å². The molecular weight excluding hydrogens is 608 g/mol. The predicted molar refractivity (Wildman–Crippen MR) is 165 cm³/mol. The van der Waals surface area contributed by atoms with Crippen molar-refractivity contribution < 1.29 is 33.4 Å². The molecule has 0 saturated carbocycles. The molecule has 0 spiro atoms. The van der Waals surface area contributed by atoms with Crippen molar-refractivity contribution >= 4 is 51.4 Å². The number of hydrogen-bond acceptors (Lipinski definition) is 7. The Kier molecular flexibility index (Phi) is 15.6. The van der Waals surface area contributed by atoms with Gasteiger partial charge in [-0.2, -0.15) is 0 Å². The second kappa shape index (κ2) is 17.7. The zero-order valence-electron chi connectivity index (χ0n) is 26.0. The Hall–Kier alpha value is -3.15. The Labute approximate surface area is 257 Å². The van der Waals surface area contributed by atoms with E-state index in [1.54, 1.807) is 32.9 Å². The number of carbonyl (C=O) groups excluding carboxylic acids is 5. The Morgan fingerprint density at radius 1 is 0.810 bits per heavy atom. The van der Waals surface area contributed by atoms with Crippen LogP contribution in [0.4, 0.5) is 10.5 Å². The molecule has 42 heavy (non-hydrogen) atoms. The first-order valence-corrected chi connectivity index (χ1v) is 15.3. The second-order valence-electron chi connectivity index (χ2n) is 12.1. The van der Waals surface area contributed by atoms with Gasteiger partial charge in [-0.1, -0.05) is 55.8 Å². The van der Waals surface area contributed by atoms with Crippen LogP contribution in [0.15, 0.2) is 24.3 Å². The van der Waals surface area contributed by atoms with Gasteiger partial charge in [0.05, 0.1) is 6.61 Å². The SMILES string of the molecule is CC(C)COC(=O)CC[C@H](NC(=O)[C@H](C)NC(=O)[C@@H](CC(C)C)NC(=O)OC(C)(C)C)C(=O)Nc1ccc(CBr)cc1. The molecular formula is C30H47BrN4O7. The molecule has 0 radical (unpaired) electrons. The van der Waals surface area contributed by atoms with E-state index in [2.05, 4.69) is 37.2 Å². The molecule has 0 heterocycles.